The number of benzene rings is 1. The molecule has 1 unspecified atom stereocenters. The average Bonchev–Trinajstić information content (AvgIpc) is 3.54. The number of hydrogen-bond acceptors (Lipinski definition) is 7. The molecule has 1 aliphatic carbocycles. The number of carbonyl (C=O) groups is 4. The Morgan fingerprint density at radius 2 is 2.00 bits per heavy atom. The molecule has 3 heterocycles. The minimum absolute atomic E-state index is 0.0805. The smallest absolute Gasteiger partial charge is 0.289 e. The molecule has 1 aromatic heterocycles. The quantitative estimate of drug-likeness (QED) is 0.571. The van der Waals surface area contributed by atoms with Gasteiger partial charge in [-0.1, -0.05) is 12.1 Å². The second-order valence-electron chi connectivity index (χ2n) is 8.26. The van der Waals surface area contributed by atoms with Crippen molar-refractivity contribution in [2.24, 2.45) is 0 Å². The average molecular weight is 434 g/mol. The fraction of sp³-hybridized carbons (Fsp3) is 0.364. The van der Waals surface area contributed by atoms with Gasteiger partial charge in [0, 0.05) is 37.3 Å². The van der Waals surface area contributed by atoms with E-state index < -0.39 is 17.9 Å². The van der Waals surface area contributed by atoms with Gasteiger partial charge < -0.3 is 15.5 Å². The van der Waals surface area contributed by atoms with Crippen molar-refractivity contribution in [3.05, 3.63) is 53.0 Å². The van der Waals surface area contributed by atoms with E-state index in [2.05, 4.69) is 25.9 Å². The van der Waals surface area contributed by atoms with Crippen molar-refractivity contribution in [2.45, 2.75) is 50.9 Å². The van der Waals surface area contributed by atoms with Crippen molar-refractivity contribution in [2.75, 3.05) is 5.32 Å². The Hall–Kier alpha value is -3.82. The van der Waals surface area contributed by atoms with Crippen LogP contribution in [0.3, 0.4) is 0 Å². The lowest BCUT2D eigenvalue weighted by molar-refractivity contribution is -0.136. The Balaban J connectivity index is 1.23. The summed E-state index contributed by atoms with van der Waals surface area (Å²) in [4.78, 5) is 58.7. The number of aromatic nitrogens is 2. The summed E-state index contributed by atoms with van der Waals surface area (Å²) in [6.45, 7) is 0.531. The second-order valence-corrected chi connectivity index (χ2v) is 8.26. The molecule has 2 fully saturated rings. The van der Waals surface area contributed by atoms with Crippen molar-refractivity contribution in [3.63, 3.8) is 0 Å². The Kier molecular flexibility index (Phi) is 5.04. The highest BCUT2D eigenvalue weighted by atomic mass is 16.2. The van der Waals surface area contributed by atoms with E-state index in [-0.39, 0.29) is 30.6 Å². The number of anilines is 1. The molecule has 5 rings (SSSR count). The summed E-state index contributed by atoms with van der Waals surface area (Å²) in [7, 11) is 0. The summed E-state index contributed by atoms with van der Waals surface area (Å²) in [5.41, 5.74) is 2.08. The third-order valence-corrected chi connectivity index (χ3v) is 5.83. The lowest BCUT2D eigenvalue weighted by Crippen LogP contribution is -2.52. The zero-order valence-corrected chi connectivity index (χ0v) is 17.3. The van der Waals surface area contributed by atoms with Gasteiger partial charge in [-0.15, -0.1) is 0 Å². The third kappa shape index (κ3) is 4.03. The predicted octanol–water partition coefficient (Wildman–Crippen LogP) is 0.742. The summed E-state index contributed by atoms with van der Waals surface area (Å²) in [5, 5.41) is 8.32. The van der Waals surface area contributed by atoms with Crippen LogP contribution in [0.2, 0.25) is 0 Å². The number of nitrogens with zero attached hydrogens (tertiary/aromatic N) is 3. The number of nitrogens with one attached hydrogen (secondary N) is 3. The van der Waals surface area contributed by atoms with Crippen LogP contribution in [0.4, 0.5) is 5.82 Å². The number of amides is 4. The molecule has 2 aliphatic heterocycles. The Morgan fingerprint density at radius 1 is 1.16 bits per heavy atom. The van der Waals surface area contributed by atoms with Gasteiger partial charge in [0.1, 0.15) is 11.9 Å². The molecule has 32 heavy (non-hydrogen) atoms. The summed E-state index contributed by atoms with van der Waals surface area (Å²) in [5.74, 6) is -0.688. The first-order valence-corrected chi connectivity index (χ1v) is 10.6. The SMILES string of the molecule is O=C1CCC(N2Cc3ccc(CNC(=O)c4nccc(NC5CC5)n4)cc3C2=O)C(=O)N1. The zero-order chi connectivity index (χ0) is 22.2. The summed E-state index contributed by atoms with van der Waals surface area (Å²) >= 11 is 0. The Bertz CT molecular complexity index is 1130. The Labute approximate surface area is 183 Å². The third-order valence-electron chi connectivity index (χ3n) is 5.83. The van der Waals surface area contributed by atoms with Crippen LogP contribution >= 0.6 is 0 Å². The molecule has 0 radical (unpaired) electrons. The zero-order valence-electron chi connectivity index (χ0n) is 17.3. The van der Waals surface area contributed by atoms with Crippen LogP contribution in [0.1, 0.15) is 57.8 Å². The monoisotopic (exact) mass is 434 g/mol. The summed E-state index contributed by atoms with van der Waals surface area (Å²) in [6, 6.07) is 6.91. The summed E-state index contributed by atoms with van der Waals surface area (Å²) < 4.78 is 0. The molecule has 10 heteroatoms. The van der Waals surface area contributed by atoms with Gasteiger partial charge in [0.05, 0.1) is 0 Å². The number of fused-ring (bicyclic) bond motifs is 1. The first-order valence-electron chi connectivity index (χ1n) is 10.6. The molecule has 3 N–H and O–H groups in total. The van der Waals surface area contributed by atoms with Crippen LogP contribution in [0.25, 0.3) is 0 Å². The molecule has 1 aromatic carbocycles. The summed E-state index contributed by atoms with van der Waals surface area (Å²) in [6.07, 6.45) is 4.28. The van der Waals surface area contributed by atoms with Crippen molar-refractivity contribution >= 4 is 29.4 Å². The standard InChI is InChI=1S/C22H22N6O4/c29-18-6-5-16(20(30)27-18)28-11-13-2-1-12(9-15(13)22(28)32)10-24-21(31)19-23-8-7-17(26-19)25-14-3-4-14/h1-2,7-9,14,16H,3-6,10-11H2,(H,24,31)(H,23,25,26)(H,27,29,30). The molecule has 4 amide bonds. The van der Waals surface area contributed by atoms with Gasteiger partial charge in [-0.2, -0.15) is 0 Å². The Morgan fingerprint density at radius 3 is 2.78 bits per heavy atom. The van der Waals surface area contributed by atoms with Crippen LogP contribution in [0.15, 0.2) is 30.5 Å². The number of rotatable bonds is 6. The van der Waals surface area contributed by atoms with Gasteiger partial charge in [-0.05, 0) is 42.5 Å². The van der Waals surface area contributed by atoms with Gasteiger partial charge >= 0.3 is 0 Å². The van der Waals surface area contributed by atoms with E-state index in [9.17, 15) is 19.2 Å². The van der Waals surface area contributed by atoms with Gasteiger partial charge in [0.25, 0.3) is 11.8 Å². The maximum absolute atomic E-state index is 12.9. The van der Waals surface area contributed by atoms with Crippen molar-refractivity contribution in [1.29, 1.82) is 0 Å². The van der Waals surface area contributed by atoms with Gasteiger partial charge in [-0.25, -0.2) is 9.97 Å². The highest BCUT2D eigenvalue weighted by molar-refractivity contribution is 6.05. The largest absolute Gasteiger partial charge is 0.367 e. The van der Waals surface area contributed by atoms with E-state index >= 15 is 0 Å². The minimum atomic E-state index is -0.649. The molecule has 1 saturated carbocycles. The number of hydrogen-bond donors (Lipinski definition) is 3. The van der Waals surface area contributed by atoms with Gasteiger partial charge in [0.15, 0.2) is 0 Å². The van der Waals surface area contributed by atoms with Crippen LogP contribution in [-0.2, 0) is 22.7 Å². The molecular weight excluding hydrogens is 412 g/mol. The van der Waals surface area contributed by atoms with Crippen molar-refractivity contribution < 1.29 is 19.2 Å². The fourth-order valence-electron chi connectivity index (χ4n) is 3.96. The van der Waals surface area contributed by atoms with E-state index in [1.165, 1.54) is 4.90 Å². The number of imide groups is 1. The number of piperidine rings is 1. The van der Waals surface area contributed by atoms with E-state index in [0.29, 0.717) is 30.4 Å². The molecular formula is C22H22N6O4. The molecule has 0 spiro atoms. The van der Waals surface area contributed by atoms with E-state index in [4.69, 9.17) is 0 Å². The van der Waals surface area contributed by atoms with E-state index in [1.807, 2.05) is 12.1 Å². The normalized spacial score (nSPS) is 20.1. The van der Waals surface area contributed by atoms with Crippen molar-refractivity contribution in [1.82, 2.24) is 25.5 Å². The van der Waals surface area contributed by atoms with E-state index in [1.54, 1.807) is 18.3 Å². The highest BCUT2D eigenvalue weighted by Crippen LogP contribution is 2.28. The molecule has 2 aromatic rings. The van der Waals surface area contributed by atoms with Crippen LogP contribution in [-0.4, -0.2) is 50.6 Å². The number of carbonyl (C=O) groups excluding carboxylic acids is 4. The predicted molar refractivity (Wildman–Crippen MR) is 112 cm³/mol. The van der Waals surface area contributed by atoms with Crippen molar-refractivity contribution in [3.8, 4) is 0 Å². The van der Waals surface area contributed by atoms with Gasteiger partial charge in [0.2, 0.25) is 17.6 Å². The molecule has 3 aliphatic rings. The molecule has 164 valence electrons. The topological polar surface area (TPSA) is 133 Å². The maximum Gasteiger partial charge on any atom is 0.289 e. The minimum Gasteiger partial charge on any atom is -0.367 e. The van der Waals surface area contributed by atoms with E-state index in [0.717, 1.165) is 24.0 Å². The van der Waals surface area contributed by atoms with Crippen LogP contribution in [0, 0.1) is 0 Å². The molecule has 10 nitrogen and oxygen atoms in total. The second kappa shape index (κ2) is 8.03. The van der Waals surface area contributed by atoms with Gasteiger partial charge in [-0.3, -0.25) is 24.5 Å². The van der Waals surface area contributed by atoms with Crippen LogP contribution < -0.4 is 16.0 Å². The lowest BCUT2D eigenvalue weighted by Gasteiger charge is -2.29. The van der Waals surface area contributed by atoms with Crippen LogP contribution in [0.5, 0.6) is 0 Å². The first-order chi connectivity index (χ1) is 15.5. The molecule has 1 saturated heterocycles. The molecule has 1 atom stereocenters. The fourth-order valence-corrected chi connectivity index (χ4v) is 3.96. The lowest BCUT2D eigenvalue weighted by atomic mass is 10.0. The molecule has 0 bridgehead atoms. The highest BCUT2D eigenvalue weighted by Gasteiger charge is 2.39. The first kappa shape index (κ1) is 20.1. The maximum atomic E-state index is 12.9.